The Kier molecular flexibility index (Phi) is 7.59. The summed E-state index contributed by atoms with van der Waals surface area (Å²) in [4.78, 5) is 12.9. The average molecular weight is 691 g/mol. The standard InChI is InChI=1S/C36H40F2N6O4S/c1-4-25-27(37)9-8-22-16-24(45)17-26(28(22)25)31-29(38)30-32(49(46,47)44(31)23-6-5-7-23)33(43-14-12-35(13-15-43)18-39-19-35)41-34(40-30)48-21-36(10-11-36)20-42(2)3/h1,8-9,16-17,23,39,45H,5-7,10-15,18-21H2,2-3H3. The van der Waals surface area contributed by atoms with E-state index in [9.17, 15) is 5.11 Å². The van der Waals surface area contributed by atoms with Crippen molar-refractivity contribution in [2.45, 2.75) is 55.9 Å². The van der Waals surface area contributed by atoms with Crippen LogP contribution in [0.1, 0.15) is 61.8 Å². The molecule has 49 heavy (non-hydrogen) atoms. The number of aromatic hydroxyl groups is 1. The first-order valence-electron chi connectivity index (χ1n) is 17.0. The quantitative estimate of drug-likeness (QED) is 0.325. The smallest absolute Gasteiger partial charge is 0.319 e. The number of benzene rings is 2. The fourth-order valence-electron chi connectivity index (χ4n) is 7.94. The van der Waals surface area contributed by atoms with Gasteiger partial charge in [-0.25, -0.2) is 17.2 Å². The third-order valence-electron chi connectivity index (χ3n) is 11.1. The number of fused-ring (bicyclic) bond motifs is 2. The number of ether oxygens (including phenoxy) is 1. The van der Waals surface area contributed by atoms with Crippen LogP contribution >= 0.6 is 0 Å². The molecule has 0 unspecified atom stereocenters. The average Bonchev–Trinajstić information content (AvgIpc) is 3.79. The molecule has 4 heterocycles. The highest BCUT2D eigenvalue weighted by molar-refractivity contribution is 7.89. The van der Waals surface area contributed by atoms with Crippen LogP contribution in [0.4, 0.5) is 14.6 Å². The van der Waals surface area contributed by atoms with Gasteiger partial charge in [-0.1, -0.05) is 12.0 Å². The van der Waals surface area contributed by atoms with Gasteiger partial charge in [-0.3, -0.25) is 4.31 Å². The Bertz CT molecular complexity index is 2040. The summed E-state index contributed by atoms with van der Waals surface area (Å²) in [6.07, 6.45) is 11.1. The van der Waals surface area contributed by atoms with Gasteiger partial charge in [0, 0.05) is 55.1 Å². The minimum Gasteiger partial charge on any atom is -0.508 e. The topological polar surface area (TPSA) is 111 Å². The Labute approximate surface area is 285 Å². The van der Waals surface area contributed by atoms with Gasteiger partial charge in [0.25, 0.3) is 10.0 Å². The minimum absolute atomic E-state index is 0.0241. The lowest BCUT2D eigenvalue weighted by Gasteiger charge is -2.49. The van der Waals surface area contributed by atoms with E-state index in [1.165, 1.54) is 24.3 Å². The normalized spacial score (nSPS) is 22.1. The molecule has 0 atom stereocenters. The highest BCUT2D eigenvalue weighted by Crippen LogP contribution is 2.52. The third-order valence-corrected chi connectivity index (χ3v) is 13.0. The second-order valence-corrected chi connectivity index (χ2v) is 16.6. The number of hydrogen-bond donors (Lipinski definition) is 2. The molecule has 1 spiro atoms. The molecule has 2 aromatic carbocycles. The second-order valence-electron chi connectivity index (χ2n) is 14.8. The largest absolute Gasteiger partial charge is 0.508 e. The van der Waals surface area contributed by atoms with Crippen molar-refractivity contribution in [1.82, 2.24) is 24.5 Å². The number of halogens is 2. The zero-order valence-electron chi connectivity index (χ0n) is 27.7. The number of nitrogens with one attached hydrogen (secondary N) is 1. The molecule has 8 rings (SSSR count). The number of rotatable bonds is 8. The molecular formula is C36H40F2N6O4S. The van der Waals surface area contributed by atoms with Crippen LogP contribution in [-0.2, 0) is 10.0 Å². The van der Waals surface area contributed by atoms with Crippen molar-refractivity contribution in [2.75, 3.05) is 58.3 Å². The summed E-state index contributed by atoms with van der Waals surface area (Å²) in [5.41, 5.74) is -0.808. The van der Waals surface area contributed by atoms with E-state index < -0.39 is 33.4 Å². The Hall–Kier alpha value is -3.99. The Morgan fingerprint density at radius 1 is 1.12 bits per heavy atom. The maximum atomic E-state index is 17.6. The van der Waals surface area contributed by atoms with Crippen LogP contribution in [0.25, 0.3) is 22.3 Å². The van der Waals surface area contributed by atoms with Crippen molar-refractivity contribution in [1.29, 1.82) is 0 Å². The number of nitrogens with zero attached hydrogens (tertiary/aromatic N) is 5. The van der Waals surface area contributed by atoms with Crippen molar-refractivity contribution in [3.05, 3.63) is 46.9 Å². The molecule has 2 saturated carbocycles. The van der Waals surface area contributed by atoms with Gasteiger partial charge in [-0.05, 0) is 88.0 Å². The lowest BCUT2D eigenvalue weighted by molar-refractivity contribution is 0.125. The number of anilines is 1. The van der Waals surface area contributed by atoms with Gasteiger partial charge >= 0.3 is 6.01 Å². The maximum absolute atomic E-state index is 17.6. The number of phenols is 1. The van der Waals surface area contributed by atoms with E-state index in [4.69, 9.17) is 16.1 Å². The fraction of sp³-hybridized carbons (Fsp3) is 0.500. The molecule has 2 aliphatic carbocycles. The van der Waals surface area contributed by atoms with Gasteiger partial charge in [0.1, 0.15) is 17.3 Å². The van der Waals surface area contributed by atoms with Gasteiger partial charge in [0.05, 0.1) is 17.9 Å². The highest BCUT2D eigenvalue weighted by atomic mass is 32.2. The van der Waals surface area contributed by atoms with Crippen molar-refractivity contribution in [3.63, 3.8) is 0 Å². The molecule has 258 valence electrons. The van der Waals surface area contributed by atoms with E-state index in [0.717, 1.165) is 56.0 Å². The lowest BCUT2D eigenvalue weighted by Crippen LogP contribution is -2.58. The molecule has 2 saturated heterocycles. The summed E-state index contributed by atoms with van der Waals surface area (Å²) in [6, 6.07) is 4.59. The van der Waals surface area contributed by atoms with E-state index >= 15 is 17.2 Å². The summed E-state index contributed by atoms with van der Waals surface area (Å²) >= 11 is 0. The van der Waals surface area contributed by atoms with Gasteiger partial charge in [0.2, 0.25) is 0 Å². The van der Waals surface area contributed by atoms with Crippen LogP contribution in [0.15, 0.2) is 29.2 Å². The van der Waals surface area contributed by atoms with Crippen molar-refractivity contribution in [3.8, 4) is 24.1 Å². The van der Waals surface area contributed by atoms with E-state index in [2.05, 4.69) is 21.1 Å². The number of aromatic nitrogens is 2. The van der Waals surface area contributed by atoms with Crippen LogP contribution in [0.3, 0.4) is 0 Å². The first-order chi connectivity index (χ1) is 23.4. The van der Waals surface area contributed by atoms with Crippen LogP contribution in [0.5, 0.6) is 11.8 Å². The number of piperidine rings is 1. The van der Waals surface area contributed by atoms with Crippen molar-refractivity contribution in [2.24, 2.45) is 10.8 Å². The molecule has 2 N–H and O–H groups in total. The van der Waals surface area contributed by atoms with E-state index in [-0.39, 0.29) is 55.5 Å². The number of sulfonamides is 1. The zero-order valence-corrected chi connectivity index (χ0v) is 28.5. The van der Waals surface area contributed by atoms with Gasteiger partial charge < -0.3 is 25.0 Å². The minimum atomic E-state index is -4.48. The van der Waals surface area contributed by atoms with Crippen LogP contribution in [-0.4, -0.2) is 92.2 Å². The van der Waals surface area contributed by atoms with E-state index in [0.29, 0.717) is 37.9 Å². The summed E-state index contributed by atoms with van der Waals surface area (Å²) < 4.78 is 70.1. The summed E-state index contributed by atoms with van der Waals surface area (Å²) in [5, 5.41) is 14.6. The lowest BCUT2D eigenvalue weighted by atomic mass is 9.73. The van der Waals surface area contributed by atoms with Gasteiger partial charge in [0.15, 0.2) is 16.5 Å². The first kappa shape index (κ1) is 32.2. The summed E-state index contributed by atoms with van der Waals surface area (Å²) in [6.45, 7) is 4.03. The predicted molar refractivity (Wildman–Crippen MR) is 183 cm³/mol. The van der Waals surface area contributed by atoms with Crippen molar-refractivity contribution < 1.29 is 27.0 Å². The number of hydrogen-bond acceptors (Lipinski definition) is 9. The maximum Gasteiger partial charge on any atom is 0.319 e. The Morgan fingerprint density at radius 3 is 2.45 bits per heavy atom. The Morgan fingerprint density at radius 2 is 1.86 bits per heavy atom. The monoisotopic (exact) mass is 690 g/mol. The van der Waals surface area contributed by atoms with Gasteiger partial charge in [-0.2, -0.15) is 9.97 Å². The fourth-order valence-corrected chi connectivity index (χ4v) is 9.94. The number of phenolic OH excluding ortho intramolecular Hbond substituents is 1. The molecule has 5 aliphatic rings. The summed E-state index contributed by atoms with van der Waals surface area (Å²) in [7, 11) is -0.487. The number of terminal acetylenes is 1. The van der Waals surface area contributed by atoms with Crippen LogP contribution < -0.4 is 15.0 Å². The molecule has 3 aromatic rings. The second kappa shape index (κ2) is 11.5. The van der Waals surface area contributed by atoms with Crippen LogP contribution in [0, 0.1) is 29.0 Å². The first-order valence-corrected chi connectivity index (χ1v) is 18.4. The predicted octanol–water partition coefficient (Wildman–Crippen LogP) is 4.72. The molecular weight excluding hydrogens is 650 g/mol. The van der Waals surface area contributed by atoms with E-state index in [1.54, 1.807) is 0 Å². The van der Waals surface area contributed by atoms with E-state index in [1.807, 2.05) is 19.0 Å². The SMILES string of the molecule is C#Cc1c(F)ccc2cc(O)cc(C3=C(F)c4nc(OCC5(CN(C)C)CC5)nc(N5CCC6(CC5)CNC6)c4S(=O)(=O)N3C3CCC3)c12. The van der Waals surface area contributed by atoms with Crippen LogP contribution in [0.2, 0.25) is 0 Å². The molecule has 10 nitrogen and oxygen atoms in total. The molecule has 3 aliphatic heterocycles. The molecule has 0 amide bonds. The molecule has 13 heteroatoms. The highest BCUT2D eigenvalue weighted by Gasteiger charge is 2.49. The van der Waals surface area contributed by atoms with Crippen molar-refractivity contribution >= 4 is 38.1 Å². The Balaban J connectivity index is 1.34. The molecule has 0 radical (unpaired) electrons. The molecule has 4 fully saturated rings. The molecule has 0 bridgehead atoms. The zero-order chi connectivity index (χ0) is 34.3. The third kappa shape index (κ3) is 5.30. The van der Waals surface area contributed by atoms with Gasteiger partial charge in [-0.15, -0.1) is 6.42 Å². The summed E-state index contributed by atoms with van der Waals surface area (Å²) in [5.74, 6) is 0.615. The molecule has 1 aromatic heterocycles.